The Morgan fingerprint density at radius 2 is 1.67 bits per heavy atom. The van der Waals surface area contributed by atoms with Crippen LogP contribution in [0.1, 0.15) is 37.3 Å². The first kappa shape index (κ1) is 19.9. The molecule has 1 fully saturated rings. The van der Waals surface area contributed by atoms with Crippen LogP contribution in [0.25, 0.3) is 0 Å². The highest BCUT2D eigenvalue weighted by molar-refractivity contribution is 7.92. The zero-order chi connectivity index (χ0) is 19.3. The van der Waals surface area contributed by atoms with Gasteiger partial charge in [-0.3, -0.25) is 9.62 Å². The Balaban J connectivity index is 1.64. The molecule has 1 heterocycles. The summed E-state index contributed by atoms with van der Waals surface area (Å²) in [5.74, 6) is 0.425. The van der Waals surface area contributed by atoms with Crippen LogP contribution in [0.3, 0.4) is 0 Å². The number of morpholine rings is 1. The standard InChI is InChI=1S/C21H28N2O3S/c1-3-17(2)19-6-10-21(11-7-19)27(24,25)22-20-8-4-18(5-9-20)16-23-12-14-26-15-13-23/h4-11,17,22H,3,12-16H2,1-2H3. The van der Waals surface area contributed by atoms with E-state index in [2.05, 4.69) is 23.5 Å². The fourth-order valence-electron chi connectivity index (χ4n) is 3.12. The summed E-state index contributed by atoms with van der Waals surface area (Å²) in [6.45, 7) is 8.52. The second-order valence-corrected chi connectivity index (χ2v) is 8.75. The molecule has 1 aliphatic rings. The van der Waals surface area contributed by atoms with Crippen molar-refractivity contribution in [3.8, 4) is 0 Å². The smallest absolute Gasteiger partial charge is 0.261 e. The van der Waals surface area contributed by atoms with Crippen molar-refractivity contribution in [1.29, 1.82) is 0 Å². The third-order valence-electron chi connectivity index (χ3n) is 5.09. The quantitative estimate of drug-likeness (QED) is 0.783. The summed E-state index contributed by atoms with van der Waals surface area (Å²) in [6, 6.07) is 14.7. The van der Waals surface area contributed by atoms with Crippen molar-refractivity contribution in [2.24, 2.45) is 0 Å². The predicted octanol–water partition coefficient (Wildman–Crippen LogP) is 3.83. The molecule has 146 valence electrons. The van der Waals surface area contributed by atoms with Crippen molar-refractivity contribution in [2.75, 3.05) is 31.0 Å². The Labute approximate surface area is 162 Å². The first-order valence-corrected chi connectivity index (χ1v) is 11.0. The van der Waals surface area contributed by atoms with Crippen LogP contribution >= 0.6 is 0 Å². The molecule has 0 radical (unpaired) electrons. The average Bonchev–Trinajstić information content (AvgIpc) is 2.69. The second-order valence-electron chi connectivity index (χ2n) is 7.07. The van der Waals surface area contributed by atoms with Crippen LogP contribution in [0.5, 0.6) is 0 Å². The van der Waals surface area contributed by atoms with Crippen LogP contribution in [0.4, 0.5) is 5.69 Å². The van der Waals surface area contributed by atoms with Gasteiger partial charge >= 0.3 is 0 Å². The van der Waals surface area contributed by atoms with E-state index < -0.39 is 10.0 Å². The minimum Gasteiger partial charge on any atom is -0.379 e. The zero-order valence-electron chi connectivity index (χ0n) is 16.0. The number of hydrogen-bond donors (Lipinski definition) is 1. The van der Waals surface area contributed by atoms with Crippen molar-refractivity contribution < 1.29 is 13.2 Å². The summed E-state index contributed by atoms with van der Waals surface area (Å²) in [5.41, 5.74) is 2.90. The maximum absolute atomic E-state index is 12.6. The first-order valence-electron chi connectivity index (χ1n) is 9.50. The zero-order valence-corrected chi connectivity index (χ0v) is 16.8. The van der Waals surface area contributed by atoms with Crippen molar-refractivity contribution in [2.45, 2.75) is 37.6 Å². The van der Waals surface area contributed by atoms with Gasteiger partial charge in [0.1, 0.15) is 0 Å². The molecule has 1 unspecified atom stereocenters. The summed E-state index contributed by atoms with van der Waals surface area (Å²) in [4.78, 5) is 2.62. The van der Waals surface area contributed by atoms with Gasteiger partial charge in [0.2, 0.25) is 0 Å². The second kappa shape index (κ2) is 8.87. The molecule has 3 rings (SSSR count). The molecule has 2 aromatic rings. The summed E-state index contributed by atoms with van der Waals surface area (Å²) in [6.07, 6.45) is 1.03. The highest BCUT2D eigenvalue weighted by Crippen LogP contribution is 2.22. The molecule has 0 spiro atoms. The van der Waals surface area contributed by atoms with E-state index in [0.717, 1.165) is 50.4 Å². The molecule has 1 saturated heterocycles. The lowest BCUT2D eigenvalue weighted by molar-refractivity contribution is 0.0342. The van der Waals surface area contributed by atoms with Crippen LogP contribution in [0, 0.1) is 0 Å². The molecular weight excluding hydrogens is 360 g/mol. The number of benzene rings is 2. The highest BCUT2D eigenvalue weighted by atomic mass is 32.2. The van der Waals surface area contributed by atoms with Gasteiger partial charge in [-0.1, -0.05) is 38.1 Å². The maximum Gasteiger partial charge on any atom is 0.261 e. The Bertz CT molecular complexity index is 827. The third-order valence-corrected chi connectivity index (χ3v) is 6.49. The number of sulfonamides is 1. The Morgan fingerprint density at radius 3 is 2.26 bits per heavy atom. The molecular formula is C21H28N2O3S. The van der Waals surface area contributed by atoms with E-state index in [-0.39, 0.29) is 4.90 Å². The molecule has 27 heavy (non-hydrogen) atoms. The van der Waals surface area contributed by atoms with E-state index >= 15 is 0 Å². The van der Waals surface area contributed by atoms with Crippen LogP contribution in [-0.4, -0.2) is 39.6 Å². The van der Waals surface area contributed by atoms with E-state index in [1.165, 1.54) is 0 Å². The minimum absolute atomic E-state index is 0.284. The summed E-state index contributed by atoms with van der Waals surface area (Å²) in [5, 5.41) is 0. The predicted molar refractivity (Wildman–Crippen MR) is 108 cm³/mol. The van der Waals surface area contributed by atoms with Crippen LogP contribution in [0.2, 0.25) is 0 Å². The maximum atomic E-state index is 12.6. The summed E-state index contributed by atoms with van der Waals surface area (Å²) < 4.78 is 33.3. The van der Waals surface area contributed by atoms with E-state index in [0.29, 0.717) is 11.6 Å². The average molecular weight is 389 g/mol. The largest absolute Gasteiger partial charge is 0.379 e. The van der Waals surface area contributed by atoms with Crippen LogP contribution in [0.15, 0.2) is 53.4 Å². The van der Waals surface area contributed by atoms with E-state index in [1.807, 2.05) is 36.4 Å². The number of rotatable bonds is 7. The number of hydrogen-bond acceptors (Lipinski definition) is 4. The Hall–Kier alpha value is -1.89. The number of nitrogens with zero attached hydrogens (tertiary/aromatic N) is 1. The number of ether oxygens (including phenoxy) is 1. The van der Waals surface area contributed by atoms with E-state index in [4.69, 9.17) is 4.74 Å². The molecule has 0 aliphatic carbocycles. The molecule has 6 heteroatoms. The van der Waals surface area contributed by atoms with Gasteiger partial charge in [-0.25, -0.2) is 8.42 Å². The van der Waals surface area contributed by atoms with E-state index in [9.17, 15) is 8.42 Å². The Morgan fingerprint density at radius 1 is 1.04 bits per heavy atom. The van der Waals surface area contributed by atoms with Crippen molar-refractivity contribution >= 4 is 15.7 Å². The van der Waals surface area contributed by atoms with Crippen molar-refractivity contribution in [3.05, 3.63) is 59.7 Å². The van der Waals surface area contributed by atoms with E-state index in [1.54, 1.807) is 12.1 Å². The first-order chi connectivity index (χ1) is 13.0. The van der Waals surface area contributed by atoms with Crippen LogP contribution in [-0.2, 0) is 21.3 Å². The lowest BCUT2D eigenvalue weighted by Gasteiger charge is -2.26. The topological polar surface area (TPSA) is 58.6 Å². The van der Waals surface area contributed by atoms with Crippen molar-refractivity contribution in [1.82, 2.24) is 4.90 Å². The fraction of sp³-hybridized carbons (Fsp3) is 0.429. The van der Waals surface area contributed by atoms with Gasteiger partial charge in [-0.2, -0.15) is 0 Å². The number of anilines is 1. The molecule has 0 bridgehead atoms. The van der Waals surface area contributed by atoms with Gasteiger partial charge in [0, 0.05) is 25.3 Å². The lowest BCUT2D eigenvalue weighted by atomic mass is 9.99. The highest BCUT2D eigenvalue weighted by Gasteiger charge is 2.15. The fourth-order valence-corrected chi connectivity index (χ4v) is 4.18. The third kappa shape index (κ3) is 5.31. The van der Waals surface area contributed by atoms with Gasteiger partial charge in [0.05, 0.1) is 18.1 Å². The van der Waals surface area contributed by atoms with Crippen molar-refractivity contribution in [3.63, 3.8) is 0 Å². The van der Waals surface area contributed by atoms with Crippen LogP contribution < -0.4 is 4.72 Å². The molecule has 1 atom stereocenters. The molecule has 0 amide bonds. The normalized spacial score (nSPS) is 16.8. The van der Waals surface area contributed by atoms with Gasteiger partial charge in [0.15, 0.2) is 0 Å². The molecule has 1 aliphatic heterocycles. The summed E-state index contributed by atoms with van der Waals surface area (Å²) >= 11 is 0. The number of nitrogens with one attached hydrogen (secondary N) is 1. The molecule has 5 nitrogen and oxygen atoms in total. The molecule has 1 N–H and O–H groups in total. The van der Waals surface area contributed by atoms with Gasteiger partial charge in [0.25, 0.3) is 10.0 Å². The molecule has 0 aromatic heterocycles. The molecule has 2 aromatic carbocycles. The lowest BCUT2D eigenvalue weighted by Crippen LogP contribution is -2.35. The summed E-state index contributed by atoms with van der Waals surface area (Å²) in [7, 11) is -3.58. The SMILES string of the molecule is CCC(C)c1ccc(S(=O)(=O)Nc2ccc(CN3CCOCC3)cc2)cc1. The van der Waals surface area contributed by atoms with Gasteiger partial charge in [-0.05, 0) is 47.7 Å². The Kier molecular flexibility index (Phi) is 6.52. The molecule has 0 saturated carbocycles. The minimum atomic E-state index is -3.58. The van der Waals surface area contributed by atoms with Gasteiger partial charge < -0.3 is 4.74 Å². The van der Waals surface area contributed by atoms with Gasteiger partial charge in [-0.15, -0.1) is 0 Å². The monoisotopic (exact) mass is 388 g/mol.